The molecule has 2 amide bonds. The van der Waals surface area contributed by atoms with Gasteiger partial charge in [0.15, 0.2) is 15.7 Å². The summed E-state index contributed by atoms with van der Waals surface area (Å²) in [5.74, 6) is 0.00607. The molecule has 0 aliphatic heterocycles. The van der Waals surface area contributed by atoms with Crippen molar-refractivity contribution in [3.05, 3.63) is 45.3 Å². The molecule has 0 saturated heterocycles. The van der Waals surface area contributed by atoms with E-state index in [2.05, 4.69) is 15.7 Å². The highest BCUT2D eigenvalue weighted by Gasteiger charge is 2.30. The van der Waals surface area contributed by atoms with E-state index in [1.165, 1.54) is 6.07 Å². The highest BCUT2D eigenvalue weighted by Crippen LogP contribution is 2.38. The first-order chi connectivity index (χ1) is 13.6. The van der Waals surface area contributed by atoms with E-state index in [1.54, 1.807) is 19.2 Å². The van der Waals surface area contributed by atoms with Gasteiger partial charge in [0.2, 0.25) is 0 Å². The second-order valence-electron chi connectivity index (χ2n) is 8.00. The molecule has 1 heterocycles. The van der Waals surface area contributed by atoms with Crippen molar-refractivity contribution in [3.8, 4) is 0 Å². The molecule has 1 atom stereocenters. The van der Waals surface area contributed by atoms with E-state index >= 15 is 0 Å². The minimum absolute atomic E-state index is 0.00607. The number of Topliss-reactive ketones (excluding diaryl/α,β-unsaturated/α-hetero) is 1. The summed E-state index contributed by atoms with van der Waals surface area (Å²) in [4.78, 5) is 25.0. The summed E-state index contributed by atoms with van der Waals surface area (Å²) in [5, 5.41) is 20.3. The smallest absolute Gasteiger partial charge is 0.354 e. The molecule has 0 unspecified atom stereocenters. The zero-order valence-electron chi connectivity index (χ0n) is 16.3. The largest absolute Gasteiger partial charge is 0.386 e. The second kappa shape index (κ2) is 7.02. The van der Waals surface area contributed by atoms with Crippen molar-refractivity contribution in [3.63, 3.8) is 0 Å². The summed E-state index contributed by atoms with van der Waals surface area (Å²) < 4.78 is 16.8. The first-order valence-electron chi connectivity index (χ1n) is 9.44. The van der Waals surface area contributed by atoms with Gasteiger partial charge in [-0.15, -0.1) is 15.7 Å². The van der Waals surface area contributed by atoms with Crippen LogP contribution in [-0.2, 0) is 34.8 Å². The number of anilines is 1. The lowest BCUT2D eigenvalue weighted by atomic mass is 9.98. The molecule has 4 N–H and O–H groups in total. The molecule has 0 bridgehead atoms. The summed E-state index contributed by atoms with van der Waals surface area (Å²) in [5.41, 5.74) is 3.56. The van der Waals surface area contributed by atoms with Gasteiger partial charge in [-0.1, -0.05) is 6.07 Å². The molecular weight excluding hydrogens is 410 g/mol. The Hall–Kier alpha value is -2.07. The normalized spacial score (nSPS) is 17.6. The molecular formula is C20H23N3O4S2. The molecule has 1 aromatic heterocycles. The number of hydrogen-bond donors (Lipinski definition) is 3. The molecule has 2 aromatic rings. The van der Waals surface area contributed by atoms with E-state index in [0.29, 0.717) is 29.7 Å². The van der Waals surface area contributed by atoms with Crippen molar-refractivity contribution in [1.29, 1.82) is 0 Å². The van der Waals surface area contributed by atoms with Gasteiger partial charge >= 0.3 is 6.03 Å². The Morgan fingerprint density at radius 2 is 2.00 bits per heavy atom. The van der Waals surface area contributed by atoms with E-state index in [9.17, 15) is 18.9 Å². The van der Waals surface area contributed by atoms with E-state index in [0.717, 1.165) is 47.3 Å². The van der Waals surface area contributed by atoms with Crippen molar-refractivity contribution >= 4 is 38.8 Å². The second-order valence-corrected chi connectivity index (χ2v) is 10.9. The van der Waals surface area contributed by atoms with Crippen molar-refractivity contribution in [2.75, 3.05) is 5.32 Å². The van der Waals surface area contributed by atoms with Crippen LogP contribution in [0.5, 0.6) is 0 Å². The number of nitrogens with one attached hydrogen (secondary N) is 1. The number of thiophene rings is 1. The number of fused-ring (bicyclic) bond motifs is 2. The topological polar surface area (TPSA) is 122 Å². The number of carbonyl (C=O) groups is 2. The highest BCUT2D eigenvalue weighted by atomic mass is 32.2. The number of urea groups is 1. The quantitative estimate of drug-likeness (QED) is 0.685. The van der Waals surface area contributed by atoms with Gasteiger partial charge < -0.3 is 10.4 Å². The van der Waals surface area contributed by atoms with Crippen molar-refractivity contribution in [2.45, 2.75) is 55.8 Å². The number of rotatable bonds is 3. The van der Waals surface area contributed by atoms with Gasteiger partial charge in [-0.2, -0.15) is 0 Å². The standard InChI is InChI=1S/C20H23N3O4S2/c1-20(2,26)13-9-16(28-10-13)29(21,27)23-19(25)22-18-14-5-3-4-11(14)8-12-6-7-15(24)17(12)18/h8-10,26H,3-7H2,1-2H3,(H3,21,22,23,25,27)/t29-/m1/s1. The van der Waals surface area contributed by atoms with E-state index in [1.807, 2.05) is 0 Å². The summed E-state index contributed by atoms with van der Waals surface area (Å²) in [6.07, 6.45) is 3.77. The molecule has 2 aliphatic carbocycles. The highest BCUT2D eigenvalue weighted by molar-refractivity contribution is 7.93. The zero-order chi connectivity index (χ0) is 21.0. The Balaban J connectivity index is 1.68. The summed E-state index contributed by atoms with van der Waals surface area (Å²) >= 11 is 1.08. The van der Waals surface area contributed by atoms with Gasteiger partial charge in [-0.25, -0.2) is 14.1 Å². The lowest BCUT2D eigenvalue weighted by molar-refractivity contribution is 0.0789. The third-order valence-corrected chi connectivity index (χ3v) is 8.26. The first-order valence-corrected chi connectivity index (χ1v) is 11.9. The Kier molecular flexibility index (Phi) is 4.89. The van der Waals surface area contributed by atoms with Crippen LogP contribution in [0.1, 0.15) is 59.3 Å². The Morgan fingerprint density at radius 3 is 2.69 bits per heavy atom. The van der Waals surface area contributed by atoms with E-state index in [-0.39, 0.29) is 9.99 Å². The van der Waals surface area contributed by atoms with Crippen LogP contribution >= 0.6 is 11.3 Å². The van der Waals surface area contributed by atoms with E-state index in [4.69, 9.17) is 5.14 Å². The van der Waals surface area contributed by atoms with Crippen LogP contribution in [0.3, 0.4) is 0 Å². The predicted molar refractivity (Wildman–Crippen MR) is 113 cm³/mol. The van der Waals surface area contributed by atoms with Gasteiger partial charge in [0.25, 0.3) is 0 Å². The zero-order valence-corrected chi connectivity index (χ0v) is 17.9. The molecule has 1 aromatic carbocycles. The summed E-state index contributed by atoms with van der Waals surface area (Å²) in [7, 11) is -3.48. The number of carbonyl (C=O) groups excluding carboxylic acids is 2. The van der Waals surface area contributed by atoms with E-state index < -0.39 is 21.5 Å². The fourth-order valence-electron chi connectivity index (χ4n) is 3.92. The third-order valence-electron chi connectivity index (χ3n) is 5.40. The van der Waals surface area contributed by atoms with Crippen LogP contribution in [0, 0.1) is 0 Å². The Labute approximate surface area is 173 Å². The maximum Gasteiger partial charge on any atom is 0.354 e. The first kappa shape index (κ1) is 20.2. The van der Waals surface area contributed by atoms with Crippen molar-refractivity contribution in [2.24, 2.45) is 9.50 Å². The van der Waals surface area contributed by atoms with Gasteiger partial charge in [-0.05, 0) is 73.2 Å². The molecule has 0 radical (unpaired) electrons. The number of amides is 2. The number of aliphatic hydroxyl groups is 1. The molecule has 0 fully saturated rings. The average molecular weight is 434 g/mol. The molecule has 0 spiro atoms. The minimum Gasteiger partial charge on any atom is -0.386 e. The van der Waals surface area contributed by atoms with Gasteiger partial charge in [-0.3, -0.25) is 4.79 Å². The maximum absolute atomic E-state index is 12.9. The van der Waals surface area contributed by atoms with Gasteiger partial charge in [0, 0.05) is 12.0 Å². The monoisotopic (exact) mass is 433 g/mol. The van der Waals surface area contributed by atoms with Crippen LogP contribution in [0.15, 0.2) is 26.1 Å². The van der Waals surface area contributed by atoms with Crippen LogP contribution < -0.4 is 10.5 Å². The van der Waals surface area contributed by atoms with Gasteiger partial charge in [0.1, 0.15) is 4.21 Å². The summed E-state index contributed by atoms with van der Waals surface area (Å²) in [6, 6.07) is 2.74. The predicted octanol–water partition coefficient (Wildman–Crippen LogP) is 3.53. The Bertz CT molecular complexity index is 1150. The van der Waals surface area contributed by atoms with Gasteiger partial charge in [0.05, 0.1) is 11.3 Å². The molecule has 2 aliphatic rings. The van der Waals surface area contributed by atoms with Crippen LogP contribution in [0.25, 0.3) is 0 Å². The average Bonchev–Trinajstić information content (AvgIpc) is 3.33. The fraction of sp³-hybridized carbons (Fsp3) is 0.400. The number of hydrogen-bond acceptors (Lipinski definition) is 5. The number of nitrogens with two attached hydrogens (primary N) is 1. The van der Waals surface area contributed by atoms with Crippen LogP contribution in [0.4, 0.5) is 10.5 Å². The maximum atomic E-state index is 12.9. The molecule has 0 saturated carbocycles. The lowest BCUT2D eigenvalue weighted by Gasteiger charge is -2.15. The SMILES string of the molecule is CC(C)(O)c1csc([S@](N)(=O)=NC(=O)Nc2c3c(cc4c2C(=O)CC4)CCC3)c1. The lowest BCUT2D eigenvalue weighted by Crippen LogP contribution is -2.19. The number of nitrogens with zero attached hydrogens (tertiary/aromatic N) is 1. The third kappa shape index (κ3) is 3.75. The van der Waals surface area contributed by atoms with Crippen molar-refractivity contribution in [1.82, 2.24) is 0 Å². The van der Waals surface area contributed by atoms with Crippen LogP contribution in [-0.4, -0.2) is 21.1 Å². The molecule has 7 nitrogen and oxygen atoms in total. The number of ketones is 1. The van der Waals surface area contributed by atoms with Crippen LogP contribution in [0.2, 0.25) is 0 Å². The molecule has 154 valence electrons. The Morgan fingerprint density at radius 1 is 1.24 bits per heavy atom. The summed E-state index contributed by atoms with van der Waals surface area (Å²) in [6.45, 7) is 3.21. The molecule has 9 heteroatoms. The fourth-order valence-corrected chi connectivity index (χ4v) is 6.20. The minimum atomic E-state index is -3.48. The molecule has 29 heavy (non-hydrogen) atoms. The number of aryl methyl sites for hydroxylation is 2. The van der Waals surface area contributed by atoms with Crippen molar-refractivity contribution < 1.29 is 18.9 Å². The molecule has 4 rings (SSSR count). The number of benzene rings is 1.